The summed E-state index contributed by atoms with van der Waals surface area (Å²) < 4.78 is 3.49. The highest BCUT2D eigenvalue weighted by molar-refractivity contribution is 6.33. The third-order valence-corrected chi connectivity index (χ3v) is 6.26. The Morgan fingerprint density at radius 2 is 1.78 bits per heavy atom. The predicted octanol–water partition coefficient (Wildman–Crippen LogP) is 4.50. The molecule has 1 fully saturated rings. The van der Waals surface area contributed by atoms with Gasteiger partial charge in [0.1, 0.15) is 0 Å². The first-order valence-electron chi connectivity index (χ1n) is 11.5. The molecule has 2 aromatic carbocycles. The maximum absolute atomic E-state index is 12.9. The van der Waals surface area contributed by atoms with Crippen LogP contribution >= 0.6 is 11.6 Å². The van der Waals surface area contributed by atoms with Crippen molar-refractivity contribution in [3.63, 3.8) is 0 Å². The van der Waals surface area contributed by atoms with Crippen LogP contribution in [0.2, 0.25) is 5.02 Å². The average molecular weight is 505 g/mol. The lowest BCUT2D eigenvalue weighted by atomic mass is 10.2. The number of likely N-dealkylation sites (N-methyl/N-ethyl adjacent to an activating group) is 1. The fourth-order valence-electron chi connectivity index (χ4n) is 4.10. The summed E-state index contributed by atoms with van der Waals surface area (Å²) in [5, 5.41) is 17.5. The topological polar surface area (TPSA) is 109 Å². The Morgan fingerprint density at radius 3 is 2.58 bits per heavy atom. The van der Waals surface area contributed by atoms with E-state index in [2.05, 4.69) is 38.1 Å². The number of halogens is 1. The lowest BCUT2D eigenvalue weighted by Gasteiger charge is -2.10. The van der Waals surface area contributed by atoms with Crippen molar-refractivity contribution in [3.8, 4) is 5.69 Å². The molecule has 3 amide bonds. The van der Waals surface area contributed by atoms with Gasteiger partial charge in [0.15, 0.2) is 0 Å². The Morgan fingerprint density at radius 1 is 0.972 bits per heavy atom. The van der Waals surface area contributed by atoms with Gasteiger partial charge in [0, 0.05) is 18.3 Å². The summed E-state index contributed by atoms with van der Waals surface area (Å²) in [6.07, 6.45) is 7.75. The van der Waals surface area contributed by atoms with Crippen LogP contribution in [0.3, 0.4) is 0 Å². The molecule has 0 radical (unpaired) electrons. The van der Waals surface area contributed by atoms with Gasteiger partial charge in [-0.2, -0.15) is 10.2 Å². The molecule has 1 aliphatic heterocycles. The Balaban J connectivity index is 1.22. The number of aromatic nitrogens is 4. The highest BCUT2D eigenvalue weighted by Gasteiger charge is 2.22. The van der Waals surface area contributed by atoms with Gasteiger partial charge in [-0.25, -0.2) is 9.48 Å². The number of carbonyl (C=O) groups is 2. The lowest BCUT2D eigenvalue weighted by Crippen LogP contribution is -2.19. The van der Waals surface area contributed by atoms with E-state index in [4.69, 9.17) is 11.6 Å². The Labute approximate surface area is 212 Å². The van der Waals surface area contributed by atoms with Gasteiger partial charge in [0.05, 0.1) is 52.4 Å². The zero-order valence-electron chi connectivity index (χ0n) is 19.6. The molecule has 11 heteroatoms. The minimum absolute atomic E-state index is 0.246. The van der Waals surface area contributed by atoms with Crippen molar-refractivity contribution in [2.24, 2.45) is 0 Å². The minimum Gasteiger partial charge on any atom is -0.319 e. The highest BCUT2D eigenvalue weighted by Crippen LogP contribution is 2.22. The Bertz CT molecular complexity index is 1400. The molecule has 2 aromatic heterocycles. The van der Waals surface area contributed by atoms with E-state index in [9.17, 15) is 9.59 Å². The second kappa shape index (κ2) is 10.2. The number of benzene rings is 2. The number of carbonyl (C=O) groups excluding carboxylic acids is 2. The van der Waals surface area contributed by atoms with Gasteiger partial charge in [0.25, 0.3) is 5.91 Å². The summed E-state index contributed by atoms with van der Waals surface area (Å²) in [6, 6.07) is 13.9. The van der Waals surface area contributed by atoms with Gasteiger partial charge < -0.3 is 20.9 Å². The van der Waals surface area contributed by atoms with Crippen LogP contribution in [-0.2, 0) is 0 Å². The van der Waals surface area contributed by atoms with E-state index in [1.54, 1.807) is 59.5 Å². The summed E-state index contributed by atoms with van der Waals surface area (Å²) in [5.74, 6) is -0.246. The Hall–Kier alpha value is -4.15. The van der Waals surface area contributed by atoms with E-state index in [0.717, 1.165) is 19.5 Å². The van der Waals surface area contributed by atoms with Crippen LogP contribution in [0.5, 0.6) is 0 Å². The number of hydrogen-bond acceptors (Lipinski definition) is 5. The monoisotopic (exact) mass is 504 g/mol. The maximum Gasteiger partial charge on any atom is 0.323 e. The fourth-order valence-corrected chi connectivity index (χ4v) is 4.28. The average Bonchev–Trinajstić information content (AvgIpc) is 3.62. The van der Waals surface area contributed by atoms with Crippen molar-refractivity contribution >= 4 is 40.6 Å². The molecule has 10 nitrogen and oxygen atoms in total. The number of urea groups is 1. The molecule has 0 aliphatic carbocycles. The van der Waals surface area contributed by atoms with E-state index < -0.39 is 6.03 Å². The number of likely N-dealkylation sites (tertiary alicyclic amines) is 1. The zero-order chi connectivity index (χ0) is 25.1. The van der Waals surface area contributed by atoms with Crippen molar-refractivity contribution in [1.82, 2.24) is 24.5 Å². The molecule has 1 saturated heterocycles. The SMILES string of the molecule is CN1CCC(n2cc(NC(=O)c3cccc(-n4cc(NC(=O)Nc5ccccc5Cl)cn4)c3)cn2)C1. The molecule has 1 aliphatic rings. The van der Waals surface area contributed by atoms with Crippen LogP contribution in [0.1, 0.15) is 22.8 Å². The fraction of sp³-hybridized carbons (Fsp3) is 0.200. The van der Waals surface area contributed by atoms with E-state index in [0.29, 0.717) is 39.4 Å². The first kappa shape index (κ1) is 23.6. The zero-order valence-corrected chi connectivity index (χ0v) is 20.3. The third-order valence-electron chi connectivity index (χ3n) is 5.94. The normalized spacial score (nSPS) is 15.6. The summed E-state index contributed by atoms with van der Waals surface area (Å²) in [6.45, 7) is 1.98. The van der Waals surface area contributed by atoms with Crippen LogP contribution in [0.15, 0.2) is 73.3 Å². The lowest BCUT2D eigenvalue weighted by molar-refractivity contribution is 0.102. The molecule has 0 spiro atoms. The minimum atomic E-state index is -0.444. The molecule has 0 saturated carbocycles. The third kappa shape index (κ3) is 5.40. The second-order valence-corrected chi connectivity index (χ2v) is 9.06. The van der Waals surface area contributed by atoms with Gasteiger partial charge in [-0.1, -0.05) is 29.8 Å². The summed E-state index contributed by atoms with van der Waals surface area (Å²) in [7, 11) is 2.09. The number of amides is 3. The van der Waals surface area contributed by atoms with Gasteiger partial charge in [-0.3, -0.25) is 9.48 Å². The number of anilines is 3. The van der Waals surface area contributed by atoms with Crippen LogP contribution in [0.25, 0.3) is 5.69 Å². The van der Waals surface area contributed by atoms with Crippen molar-refractivity contribution in [3.05, 3.63) is 83.9 Å². The molecule has 5 rings (SSSR count). The van der Waals surface area contributed by atoms with Crippen LogP contribution in [0, 0.1) is 0 Å². The summed E-state index contributed by atoms with van der Waals surface area (Å²) in [4.78, 5) is 27.5. The van der Waals surface area contributed by atoms with Gasteiger partial charge in [-0.05, 0) is 50.3 Å². The van der Waals surface area contributed by atoms with E-state index >= 15 is 0 Å². The van der Waals surface area contributed by atoms with E-state index in [1.165, 1.54) is 6.20 Å². The van der Waals surface area contributed by atoms with Crippen LogP contribution < -0.4 is 16.0 Å². The number of nitrogens with zero attached hydrogens (tertiary/aromatic N) is 5. The smallest absolute Gasteiger partial charge is 0.319 e. The largest absolute Gasteiger partial charge is 0.323 e. The quantitative estimate of drug-likeness (QED) is 0.358. The standard InChI is InChI=1S/C25H25ClN8O2/c1-32-10-9-21(16-32)34-14-18(12-28-34)29-24(35)17-5-4-6-20(11-17)33-15-19(13-27-33)30-25(36)31-23-8-3-2-7-22(23)26/h2-8,11-15,21H,9-10,16H2,1H3,(H,29,35)(H2,30,31,36). The van der Waals surface area contributed by atoms with Crippen molar-refractivity contribution < 1.29 is 9.59 Å². The summed E-state index contributed by atoms with van der Waals surface area (Å²) in [5.41, 5.74) is 2.78. The second-order valence-electron chi connectivity index (χ2n) is 8.65. The van der Waals surface area contributed by atoms with Crippen LogP contribution in [-0.4, -0.2) is 56.5 Å². The molecular formula is C25H25ClN8O2. The first-order chi connectivity index (χ1) is 17.4. The molecule has 184 valence electrons. The van der Waals surface area contributed by atoms with E-state index in [1.807, 2.05) is 16.9 Å². The highest BCUT2D eigenvalue weighted by atomic mass is 35.5. The number of hydrogen-bond donors (Lipinski definition) is 3. The van der Waals surface area contributed by atoms with Gasteiger partial charge in [0.2, 0.25) is 0 Å². The summed E-state index contributed by atoms with van der Waals surface area (Å²) >= 11 is 6.08. The Kier molecular flexibility index (Phi) is 6.70. The molecule has 1 atom stereocenters. The van der Waals surface area contributed by atoms with E-state index in [-0.39, 0.29) is 5.91 Å². The first-order valence-corrected chi connectivity index (χ1v) is 11.8. The van der Waals surface area contributed by atoms with Crippen molar-refractivity contribution in [2.45, 2.75) is 12.5 Å². The molecule has 3 heterocycles. The van der Waals surface area contributed by atoms with Gasteiger partial charge in [-0.15, -0.1) is 0 Å². The maximum atomic E-state index is 12.9. The van der Waals surface area contributed by atoms with Crippen molar-refractivity contribution in [2.75, 3.05) is 36.1 Å². The molecule has 36 heavy (non-hydrogen) atoms. The number of nitrogens with one attached hydrogen (secondary N) is 3. The molecule has 3 N–H and O–H groups in total. The molecular weight excluding hydrogens is 480 g/mol. The molecule has 0 bridgehead atoms. The number of para-hydroxylation sites is 1. The molecule has 1 unspecified atom stereocenters. The van der Waals surface area contributed by atoms with Crippen molar-refractivity contribution in [1.29, 1.82) is 0 Å². The predicted molar refractivity (Wildman–Crippen MR) is 139 cm³/mol. The van der Waals surface area contributed by atoms with Gasteiger partial charge >= 0.3 is 6.03 Å². The van der Waals surface area contributed by atoms with Crippen LogP contribution in [0.4, 0.5) is 21.9 Å². The number of rotatable bonds is 6. The molecule has 4 aromatic rings.